The fourth-order valence-electron chi connectivity index (χ4n) is 7.69. The maximum atomic E-state index is 14.1. The fraction of sp³-hybridized carbons (Fsp3) is 0.564. The zero-order valence-corrected chi connectivity index (χ0v) is 28.7. The molecule has 1 aliphatic heterocycles. The Morgan fingerprint density at radius 3 is 2.47 bits per heavy atom. The number of allylic oxidation sites excluding steroid dienone is 5. The molecule has 47 heavy (non-hydrogen) atoms. The summed E-state index contributed by atoms with van der Waals surface area (Å²) in [5.41, 5.74) is 1.24. The third-order valence-corrected chi connectivity index (χ3v) is 10.6. The van der Waals surface area contributed by atoms with Crippen molar-refractivity contribution in [3.63, 3.8) is 0 Å². The van der Waals surface area contributed by atoms with Gasteiger partial charge in [0.2, 0.25) is 5.91 Å². The number of methoxy groups -OCH3 is 1. The SMILES string of the molecule is COC(=O)[C@H](Cc1ccccc1)NC(=O)/C1=C\CCC[C@@H](C)OC(=O)[C@@]2(C)[C@@H](/C=C/C=C/[C@H](C)[C@H]1O)C(C)=C[C@H]1[C@H](O)[C@@H](C)CC[C@@H]12. The second-order valence-electron chi connectivity index (χ2n) is 14.0. The van der Waals surface area contributed by atoms with Crippen LogP contribution in [0.2, 0.25) is 0 Å². The van der Waals surface area contributed by atoms with Crippen LogP contribution in [0.5, 0.6) is 0 Å². The van der Waals surface area contributed by atoms with Crippen LogP contribution in [0.1, 0.15) is 72.3 Å². The first-order chi connectivity index (χ1) is 22.4. The number of nitrogens with one attached hydrogen (secondary N) is 1. The first kappa shape index (κ1) is 36.3. The molecule has 1 aromatic carbocycles. The van der Waals surface area contributed by atoms with Gasteiger partial charge in [0.25, 0.3) is 0 Å². The van der Waals surface area contributed by atoms with Crippen LogP contribution < -0.4 is 5.32 Å². The Kier molecular flexibility index (Phi) is 12.4. The van der Waals surface area contributed by atoms with Gasteiger partial charge in [0.1, 0.15) is 6.04 Å². The highest BCUT2D eigenvalue weighted by atomic mass is 16.5. The van der Waals surface area contributed by atoms with Gasteiger partial charge in [-0.1, -0.05) is 86.2 Å². The van der Waals surface area contributed by atoms with E-state index in [0.29, 0.717) is 19.3 Å². The summed E-state index contributed by atoms with van der Waals surface area (Å²) in [6.07, 6.45) is 13.1. The number of rotatable bonds is 5. The summed E-state index contributed by atoms with van der Waals surface area (Å²) in [5.74, 6) is -1.96. The smallest absolute Gasteiger partial charge is 0.328 e. The van der Waals surface area contributed by atoms with Crippen molar-refractivity contribution < 1.29 is 34.1 Å². The number of fused-ring (bicyclic) bond motifs is 3. The first-order valence-corrected chi connectivity index (χ1v) is 17.1. The molecular weight excluding hydrogens is 594 g/mol. The monoisotopic (exact) mass is 647 g/mol. The Bertz CT molecular complexity index is 1380. The molecular formula is C39H53NO7. The summed E-state index contributed by atoms with van der Waals surface area (Å²) in [7, 11) is 1.28. The van der Waals surface area contributed by atoms with Gasteiger partial charge in [-0.25, -0.2) is 4.79 Å². The van der Waals surface area contributed by atoms with Crippen LogP contribution >= 0.6 is 0 Å². The lowest BCUT2D eigenvalue weighted by atomic mass is 9.52. The highest BCUT2D eigenvalue weighted by Crippen LogP contribution is 2.55. The number of ether oxygens (including phenoxy) is 2. The maximum absolute atomic E-state index is 14.1. The van der Waals surface area contributed by atoms with Gasteiger partial charge in [-0.05, 0) is 70.3 Å². The molecule has 8 heteroatoms. The molecule has 0 saturated heterocycles. The molecule has 1 aromatic rings. The van der Waals surface area contributed by atoms with Gasteiger partial charge in [0.15, 0.2) is 0 Å². The number of esters is 2. The molecule has 256 valence electrons. The molecule has 4 rings (SSSR count). The normalized spacial score (nSPS) is 36.6. The van der Waals surface area contributed by atoms with Crippen LogP contribution in [0.3, 0.4) is 0 Å². The van der Waals surface area contributed by atoms with Gasteiger partial charge in [0, 0.05) is 29.7 Å². The van der Waals surface area contributed by atoms with E-state index in [1.807, 2.05) is 82.3 Å². The zero-order valence-electron chi connectivity index (χ0n) is 28.7. The van der Waals surface area contributed by atoms with E-state index in [1.54, 1.807) is 6.08 Å². The molecule has 0 bridgehead atoms. The van der Waals surface area contributed by atoms with Crippen LogP contribution in [0, 0.1) is 35.0 Å². The van der Waals surface area contributed by atoms with Crippen molar-refractivity contribution >= 4 is 17.8 Å². The predicted molar refractivity (Wildman–Crippen MR) is 182 cm³/mol. The third-order valence-electron chi connectivity index (χ3n) is 10.6. The average Bonchev–Trinajstić information content (AvgIpc) is 3.05. The summed E-state index contributed by atoms with van der Waals surface area (Å²) in [4.78, 5) is 40.4. The minimum Gasteiger partial charge on any atom is -0.467 e. The number of benzene rings is 1. The Morgan fingerprint density at radius 2 is 1.77 bits per heavy atom. The van der Waals surface area contributed by atoms with Gasteiger partial charge in [-0.15, -0.1) is 0 Å². The Balaban J connectivity index is 1.61. The number of carbonyl (C=O) groups excluding carboxylic acids is 3. The number of hydrogen-bond acceptors (Lipinski definition) is 7. The third kappa shape index (κ3) is 8.33. The molecule has 0 spiro atoms. The lowest BCUT2D eigenvalue weighted by Crippen LogP contribution is -2.54. The number of amides is 1. The Morgan fingerprint density at radius 1 is 1.06 bits per heavy atom. The molecule has 10 atom stereocenters. The second-order valence-corrected chi connectivity index (χ2v) is 14.0. The summed E-state index contributed by atoms with van der Waals surface area (Å²) in [6, 6.07) is 8.44. The lowest BCUT2D eigenvalue weighted by molar-refractivity contribution is -0.172. The quantitative estimate of drug-likeness (QED) is 0.279. The van der Waals surface area contributed by atoms with E-state index in [9.17, 15) is 24.6 Å². The predicted octanol–water partition coefficient (Wildman–Crippen LogP) is 5.64. The molecule has 3 N–H and O–H groups in total. The van der Waals surface area contributed by atoms with Crippen LogP contribution in [-0.2, 0) is 30.3 Å². The fourth-order valence-corrected chi connectivity index (χ4v) is 7.69. The first-order valence-electron chi connectivity index (χ1n) is 17.1. The number of aliphatic hydroxyl groups excluding tert-OH is 2. The molecule has 0 radical (unpaired) electrons. The molecule has 1 saturated carbocycles. The maximum Gasteiger partial charge on any atom is 0.328 e. The Labute approximate surface area is 280 Å². The van der Waals surface area contributed by atoms with E-state index in [1.165, 1.54) is 7.11 Å². The van der Waals surface area contributed by atoms with E-state index < -0.39 is 41.5 Å². The van der Waals surface area contributed by atoms with Crippen molar-refractivity contribution in [2.24, 2.45) is 35.0 Å². The summed E-state index contributed by atoms with van der Waals surface area (Å²) in [6.45, 7) is 9.82. The van der Waals surface area contributed by atoms with E-state index in [0.717, 1.165) is 24.0 Å². The summed E-state index contributed by atoms with van der Waals surface area (Å²) >= 11 is 0. The van der Waals surface area contributed by atoms with Gasteiger partial charge < -0.3 is 25.0 Å². The van der Waals surface area contributed by atoms with Crippen LogP contribution in [0.4, 0.5) is 0 Å². The second kappa shape index (κ2) is 16.1. The van der Waals surface area contributed by atoms with E-state index in [-0.39, 0.29) is 47.7 Å². The number of aliphatic hydroxyl groups is 2. The van der Waals surface area contributed by atoms with Crippen molar-refractivity contribution in [1.82, 2.24) is 5.32 Å². The van der Waals surface area contributed by atoms with Gasteiger partial charge >= 0.3 is 11.9 Å². The molecule has 3 aliphatic rings. The minimum absolute atomic E-state index is 0.0462. The molecule has 1 heterocycles. The van der Waals surface area contributed by atoms with Crippen molar-refractivity contribution in [2.45, 2.75) is 97.5 Å². The summed E-state index contributed by atoms with van der Waals surface area (Å²) in [5, 5.41) is 25.4. The van der Waals surface area contributed by atoms with Gasteiger partial charge in [0.05, 0.1) is 30.8 Å². The molecule has 2 aliphatic carbocycles. The highest BCUT2D eigenvalue weighted by molar-refractivity contribution is 5.97. The zero-order chi connectivity index (χ0) is 34.3. The topological polar surface area (TPSA) is 122 Å². The van der Waals surface area contributed by atoms with Gasteiger partial charge in [-0.2, -0.15) is 0 Å². The van der Waals surface area contributed by atoms with Crippen molar-refractivity contribution in [1.29, 1.82) is 0 Å². The van der Waals surface area contributed by atoms with E-state index >= 15 is 0 Å². The standard InChI is InChI=1S/C39H53NO7/c1-24-14-10-13-19-31-26(3)22-30-32(21-20-25(2)35(30)42)39(31,5)38(45)47-27(4)15-11-12-18-29(34(24)41)36(43)40-33(37(44)46-6)23-28-16-8-7-9-17-28/h7-10,13-14,16-19,22,24-25,27,30-35,41-42H,11-12,15,20-21,23H2,1-6H3,(H,40,43)/b14-10+,19-13+,29-18-/t24-,25-,27+,30+,31-,32-,33-,34+,35+,39-/m0/s1. The van der Waals surface area contributed by atoms with Crippen molar-refractivity contribution in [3.05, 3.63) is 83.5 Å². The van der Waals surface area contributed by atoms with E-state index in [2.05, 4.69) is 18.3 Å². The molecule has 0 aromatic heterocycles. The largest absolute Gasteiger partial charge is 0.467 e. The van der Waals surface area contributed by atoms with Gasteiger partial charge in [-0.3, -0.25) is 9.59 Å². The molecule has 0 unspecified atom stereocenters. The van der Waals surface area contributed by atoms with Crippen molar-refractivity contribution in [3.8, 4) is 0 Å². The molecule has 8 nitrogen and oxygen atoms in total. The number of carbonyl (C=O) groups is 3. The molecule has 1 amide bonds. The van der Waals surface area contributed by atoms with Crippen molar-refractivity contribution in [2.75, 3.05) is 7.11 Å². The number of cyclic esters (lactones) is 1. The van der Waals surface area contributed by atoms with Crippen LogP contribution in [0.15, 0.2) is 77.9 Å². The lowest BCUT2D eigenvalue weighted by Gasteiger charge is -2.52. The average molecular weight is 648 g/mol. The molecule has 1 fully saturated rings. The van der Waals surface area contributed by atoms with Crippen LogP contribution in [-0.4, -0.2) is 59.5 Å². The number of hydrogen-bond donors (Lipinski definition) is 3. The highest BCUT2D eigenvalue weighted by Gasteiger charge is 2.56. The minimum atomic E-state index is -1.12. The Hall–Kier alpha value is -3.49. The van der Waals surface area contributed by atoms with E-state index in [4.69, 9.17) is 9.47 Å². The summed E-state index contributed by atoms with van der Waals surface area (Å²) < 4.78 is 11.1. The van der Waals surface area contributed by atoms with Crippen LogP contribution in [0.25, 0.3) is 0 Å².